The maximum absolute atomic E-state index is 11.2. The molecule has 2 unspecified atom stereocenters. The van der Waals surface area contributed by atoms with Gasteiger partial charge in [0.25, 0.3) is 0 Å². The van der Waals surface area contributed by atoms with Crippen molar-refractivity contribution in [1.82, 2.24) is 5.32 Å². The molecule has 0 bridgehead atoms. The molecule has 0 aromatic carbocycles. The highest BCUT2D eigenvalue weighted by Gasteiger charge is 2.27. The van der Waals surface area contributed by atoms with E-state index in [-0.39, 0.29) is 5.25 Å². The zero-order valence-corrected chi connectivity index (χ0v) is 11.6. The predicted molar refractivity (Wildman–Crippen MR) is 71.3 cm³/mol. The molecule has 5 heteroatoms. The number of hydrogen-bond acceptors (Lipinski definition) is 3. The summed E-state index contributed by atoms with van der Waals surface area (Å²) in [6.07, 6.45) is 9.29. The lowest BCUT2D eigenvalue weighted by molar-refractivity contribution is 0.369. The second-order valence-corrected chi connectivity index (χ2v) is 6.94. The van der Waals surface area contributed by atoms with Gasteiger partial charge < -0.3 is 5.32 Å². The second-order valence-electron chi connectivity index (χ2n) is 5.10. The molecular weight excluding hydrogens is 236 g/mol. The summed E-state index contributed by atoms with van der Waals surface area (Å²) in [6.45, 7) is 2.74. The molecule has 1 rings (SSSR count). The summed E-state index contributed by atoms with van der Waals surface area (Å²) in [5.41, 5.74) is 0. The predicted octanol–water partition coefficient (Wildman–Crippen LogP) is 1.76. The minimum absolute atomic E-state index is 0.376. The number of primary sulfonamides is 1. The smallest absolute Gasteiger partial charge is 0.213 e. The van der Waals surface area contributed by atoms with Crippen LogP contribution in [-0.2, 0) is 10.0 Å². The van der Waals surface area contributed by atoms with Crippen LogP contribution in [-0.4, -0.2) is 26.3 Å². The Morgan fingerprint density at radius 3 is 2.41 bits per heavy atom. The zero-order valence-electron chi connectivity index (χ0n) is 10.8. The molecule has 1 aliphatic rings. The first-order valence-electron chi connectivity index (χ1n) is 6.79. The van der Waals surface area contributed by atoms with E-state index in [0.717, 1.165) is 6.42 Å². The Morgan fingerprint density at radius 2 is 1.88 bits per heavy atom. The van der Waals surface area contributed by atoms with Gasteiger partial charge in [0.2, 0.25) is 10.0 Å². The van der Waals surface area contributed by atoms with Crippen LogP contribution in [0.25, 0.3) is 0 Å². The number of unbranched alkanes of at least 4 members (excludes halogenated alkanes) is 4. The normalized spacial score (nSPS) is 26.0. The minimum Gasteiger partial charge on any atom is -0.313 e. The van der Waals surface area contributed by atoms with Gasteiger partial charge in [0, 0.05) is 12.6 Å². The van der Waals surface area contributed by atoms with Gasteiger partial charge in [-0.3, -0.25) is 0 Å². The third-order valence-corrected chi connectivity index (χ3v) is 4.92. The van der Waals surface area contributed by atoms with E-state index < -0.39 is 10.0 Å². The van der Waals surface area contributed by atoms with Crippen molar-refractivity contribution < 1.29 is 8.42 Å². The molecule has 0 aliphatic carbocycles. The molecule has 4 nitrogen and oxygen atoms in total. The molecule has 0 spiro atoms. The molecule has 3 N–H and O–H groups in total. The summed E-state index contributed by atoms with van der Waals surface area (Å²) in [6, 6.07) is 0.495. The Kier molecular flexibility index (Phi) is 6.44. The Morgan fingerprint density at radius 1 is 1.18 bits per heavy atom. The standard InChI is InChI=1S/C12H26N2O2S/c1-2-3-4-5-6-7-11-8-9-12(10-14-11)17(13,15)16/h11-12,14H,2-10H2,1H3,(H2,13,15,16). The first kappa shape index (κ1) is 14.9. The average Bonchev–Trinajstić information content (AvgIpc) is 2.28. The third kappa shape index (κ3) is 5.84. The van der Waals surface area contributed by atoms with Gasteiger partial charge in [-0.15, -0.1) is 0 Å². The van der Waals surface area contributed by atoms with E-state index in [4.69, 9.17) is 5.14 Å². The van der Waals surface area contributed by atoms with Gasteiger partial charge in [-0.2, -0.15) is 0 Å². The highest BCUT2D eigenvalue weighted by molar-refractivity contribution is 7.89. The molecule has 0 radical (unpaired) electrons. The van der Waals surface area contributed by atoms with Crippen LogP contribution in [0.15, 0.2) is 0 Å². The molecular formula is C12H26N2O2S. The number of piperidine rings is 1. The van der Waals surface area contributed by atoms with Gasteiger partial charge in [0.15, 0.2) is 0 Å². The monoisotopic (exact) mass is 262 g/mol. The van der Waals surface area contributed by atoms with Crippen LogP contribution in [0.2, 0.25) is 0 Å². The summed E-state index contributed by atoms with van der Waals surface area (Å²) in [7, 11) is -3.34. The van der Waals surface area contributed by atoms with Crippen molar-refractivity contribution >= 4 is 10.0 Å². The van der Waals surface area contributed by atoms with E-state index in [1.54, 1.807) is 0 Å². The average molecular weight is 262 g/mol. The molecule has 0 amide bonds. The van der Waals surface area contributed by atoms with Crippen LogP contribution >= 0.6 is 0 Å². The quantitative estimate of drug-likeness (QED) is 0.687. The molecule has 0 aromatic heterocycles. The Hall–Kier alpha value is -0.130. The van der Waals surface area contributed by atoms with Crippen molar-refractivity contribution in [1.29, 1.82) is 0 Å². The van der Waals surface area contributed by atoms with Gasteiger partial charge in [-0.05, 0) is 19.3 Å². The fourth-order valence-corrected chi connectivity index (χ4v) is 3.20. The first-order valence-corrected chi connectivity index (χ1v) is 8.40. The van der Waals surface area contributed by atoms with Crippen molar-refractivity contribution in [3.8, 4) is 0 Å². The molecule has 2 atom stereocenters. The zero-order chi connectivity index (χ0) is 12.7. The molecule has 1 fully saturated rings. The molecule has 1 aliphatic heterocycles. The number of sulfonamides is 1. The highest BCUT2D eigenvalue weighted by atomic mass is 32.2. The van der Waals surface area contributed by atoms with Crippen molar-refractivity contribution in [2.75, 3.05) is 6.54 Å². The molecule has 1 heterocycles. The minimum atomic E-state index is -3.34. The summed E-state index contributed by atoms with van der Waals surface area (Å²) in [5.74, 6) is 0. The van der Waals surface area contributed by atoms with E-state index in [1.165, 1.54) is 38.5 Å². The first-order chi connectivity index (χ1) is 8.04. The molecule has 1 saturated heterocycles. The fourth-order valence-electron chi connectivity index (χ4n) is 2.41. The van der Waals surface area contributed by atoms with Gasteiger partial charge in [0.05, 0.1) is 5.25 Å². The van der Waals surface area contributed by atoms with Gasteiger partial charge in [-0.1, -0.05) is 39.0 Å². The summed E-state index contributed by atoms with van der Waals surface area (Å²) in [4.78, 5) is 0. The van der Waals surface area contributed by atoms with Crippen LogP contribution in [0.5, 0.6) is 0 Å². The molecule has 0 aromatic rings. The Bertz CT molecular complexity index is 296. The largest absolute Gasteiger partial charge is 0.313 e. The van der Waals surface area contributed by atoms with Crippen molar-refractivity contribution in [2.45, 2.75) is 69.6 Å². The van der Waals surface area contributed by atoms with Crippen molar-refractivity contribution in [2.24, 2.45) is 5.14 Å². The van der Waals surface area contributed by atoms with Crippen LogP contribution in [0.3, 0.4) is 0 Å². The second kappa shape index (κ2) is 7.34. The van der Waals surface area contributed by atoms with Crippen LogP contribution in [0, 0.1) is 0 Å². The van der Waals surface area contributed by atoms with Gasteiger partial charge in [0.1, 0.15) is 0 Å². The number of hydrogen-bond donors (Lipinski definition) is 2. The third-order valence-electron chi connectivity index (χ3n) is 3.59. The highest BCUT2D eigenvalue weighted by Crippen LogP contribution is 2.17. The van der Waals surface area contributed by atoms with E-state index in [9.17, 15) is 8.42 Å². The van der Waals surface area contributed by atoms with Crippen LogP contribution in [0.1, 0.15) is 58.3 Å². The van der Waals surface area contributed by atoms with Crippen LogP contribution < -0.4 is 10.5 Å². The van der Waals surface area contributed by atoms with Gasteiger partial charge in [-0.25, -0.2) is 13.6 Å². The lowest BCUT2D eigenvalue weighted by atomic mass is 9.98. The molecule has 0 saturated carbocycles. The lowest BCUT2D eigenvalue weighted by Gasteiger charge is -2.28. The van der Waals surface area contributed by atoms with Crippen molar-refractivity contribution in [3.05, 3.63) is 0 Å². The van der Waals surface area contributed by atoms with E-state index in [0.29, 0.717) is 19.0 Å². The fraction of sp³-hybridized carbons (Fsp3) is 1.00. The number of rotatable bonds is 7. The van der Waals surface area contributed by atoms with Crippen molar-refractivity contribution in [3.63, 3.8) is 0 Å². The summed E-state index contributed by atoms with van der Waals surface area (Å²) in [5, 5.41) is 8.07. The Labute approximate surface area is 105 Å². The number of nitrogens with two attached hydrogens (primary N) is 1. The lowest BCUT2D eigenvalue weighted by Crippen LogP contribution is -2.46. The molecule has 102 valence electrons. The number of nitrogens with one attached hydrogen (secondary N) is 1. The Balaban J connectivity index is 2.11. The van der Waals surface area contributed by atoms with E-state index >= 15 is 0 Å². The SMILES string of the molecule is CCCCCCCC1CCC(S(N)(=O)=O)CN1. The van der Waals surface area contributed by atoms with Crippen LogP contribution in [0.4, 0.5) is 0 Å². The van der Waals surface area contributed by atoms with E-state index in [1.807, 2.05) is 0 Å². The van der Waals surface area contributed by atoms with E-state index in [2.05, 4.69) is 12.2 Å². The maximum Gasteiger partial charge on any atom is 0.213 e. The topological polar surface area (TPSA) is 72.2 Å². The molecule has 17 heavy (non-hydrogen) atoms. The van der Waals surface area contributed by atoms with Gasteiger partial charge >= 0.3 is 0 Å². The summed E-state index contributed by atoms with van der Waals surface area (Å²) >= 11 is 0. The summed E-state index contributed by atoms with van der Waals surface area (Å²) < 4.78 is 22.3. The maximum atomic E-state index is 11.2.